The van der Waals surface area contributed by atoms with Crippen LogP contribution in [0.5, 0.6) is 0 Å². The van der Waals surface area contributed by atoms with Crippen LogP contribution in [0.1, 0.15) is 48.6 Å². The number of Topliss-reactive ketones (excluding diaryl/α,β-unsaturated/α-hetero) is 1. The van der Waals surface area contributed by atoms with Gasteiger partial charge in [-0.15, -0.1) is 0 Å². The number of carbonyl (C=O) groups excluding carboxylic acids is 1. The van der Waals surface area contributed by atoms with Crippen LogP contribution in [0.3, 0.4) is 0 Å². The third-order valence-corrected chi connectivity index (χ3v) is 6.00. The van der Waals surface area contributed by atoms with Crippen molar-refractivity contribution in [3.8, 4) is 0 Å². The first-order chi connectivity index (χ1) is 14.2. The molecule has 5 rings (SSSR count). The first kappa shape index (κ1) is 17.8. The summed E-state index contributed by atoms with van der Waals surface area (Å²) in [5.41, 5.74) is 6.29. The largest absolute Gasteiger partial charge is 0.467 e. The number of benzene rings is 2. The highest BCUT2D eigenvalue weighted by Gasteiger charge is 2.37. The topological polar surface area (TPSA) is 54.3 Å². The standard InChI is InChI=1S/C25H24N2O2/c1-2-16-9-11-17(12-10-16)18-14-21-24(22(28)15-18)25(23-8-5-13-29-23)27-20-7-4-3-6-19(20)26-21/h3-13,18,25-27H,2,14-15H2,1H3. The van der Waals surface area contributed by atoms with E-state index in [0.717, 1.165) is 41.2 Å². The first-order valence-electron chi connectivity index (χ1n) is 10.2. The van der Waals surface area contributed by atoms with Crippen LogP contribution >= 0.6 is 0 Å². The number of para-hydroxylation sites is 2. The van der Waals surface area contributed by atoms with Gasteiger partial charge in [0, 0.05) is 17.7 Å². The molecule has 1 aliphatic carbocycles. The minimum Gasteiger partial charge on any atom is -0.467 e. The van der Waals surface area contributed by atoms with E-state index in [1.165, 1.54) is 11.1 Å². The maximum atomic E-state index is 13.4. The smallest absolute Gasteiger partial charge is 0.163 e. The monoisotopic (exact) mass is 384 g/mol. The molecule has 2 aliphatic rings. The van der Waals surface area contributed by atoms with E-state index in [9.17, 15) is 4.79 Å². The highest BCUT2D eigenvalue weighted by atomic mass is 16.3. The summed E-state index contributed by atoms with van der Waals surface area (Å²) in [5, 5.41) is 7.09. The predicted molar refractivity (Wildman–Crippen MR) is 115 cm³/mol. The summed E-state index contributed by atoms with van der Waals surface area (Å²) in [6.45, 7) is 2.16. The van der Waals surface area contributed by atoms with E-state index in [0.29, 0.717) is 6.42 Å². The Morgan fingerprint density at radius 2 is 1.76 bits per heavy atom. The minimum atomic E-state index is -0.285. The molecular formula is C25H24N2O2. The maximum Gasteiger partial charge on any atom is 0.163 e. The maximum absolute atomic E-state index is 13.4. The van der Waals surface area contributed by atoms with E-state index in [1.54, 1.807) is 6.26 Å². The van der Waals surface area contributed by atoms with Gasteiger partial charge in [-0.1, -0.05) is 43.3 Å². The average molecular weight is 384 g/mol. The summed E-state index contributed by atoms with van der Waals surface area (Å²) in [6.07, 6.45) is 4.00. The molecule has 4 heteroatoms. The van der Waals surface area contributed by atoms with Gasteiger partial charge in [-0.2, -0.15) is 0 Å². The number of hydrogen-bond donors (Lipinski definition) is 2. The fourth-order valence-electron chi connectivity index (χ4n) is 4.42. The Labute approximate surface area is 170 Å². The summed E-state index contributed by atoms with van der Waals surface area (Å²) in [5.74, 6) is 1.11. The fraction of sp³-hybridized carbons (Fsp3) is 0.240. The molecular weight excluding hydrogens is 360 g/mol. The molecule has 3 aromatic rings. The third-order valence-electron chi connectivity index (χ3n) is 6.00. The number of hydrogen-bond acceptors (Lipinski definition) is 4. The zero-order chi connectivity index (χ0) is 19.8. The van der Waals surface area contributed by atoms with E-state index in [-0.39, 0.29) is 17.7 Å². The van der Waals surface area contributed by atoms with Crippen molar-refractivity contribution in [2.45, 2.75) is 38.1 Å². The van der Waals surface area contributed by atoms with Crippen LogP contribution in [0.25, 0.3) is 0 Å². The zero-order valence-corrected chi connectivity index (χ0v) is 16.4. The molecule has 0 amide bonds. The summed E-state index contributed by atoms with van der Waals surface area (Å²) < 4.78 is 5.70. The molecule has 0 radical (unpaired) electrons. The quantitative estimate of drug-likeness (QED) is 0.597. The number of allylic oxidation sites excluding steroid dienone is 1. The third kappa shape index (κ3) is 3.25. The van der Waals surface area contributed by atoms with Crippen molar-refractivity contribution < 1.29 is 9.21 Å². The summed E-state index contributed by atoms with van der Waals surface area (Å²) in [6, 6.07) is 20.3. The second-order valence-electron chi connectivity index (χ2n) is 7.78. The number of carbonyl (C=O) groups is 1. The van der Waals surface area contributed by atoms with Crippen molar-refractivity contribution in [2.24, 2.45) is 0 Å². The Morgan fingerprint density at radius 3 is 2.48 bits per heavy atom. The van der Waals surface area contributed by atoms with Crippen LogP contribution in [-0.4, -0.2) is 5.78 Å². The highest BCUT2D eigenvalue weighted by Crippen LogP contribution is 2.44. The number of aryl methyl sites for hydroxylation is 1. The first-order valence-corrected chi connectivity index (χ1v) is 10.2. The number of ketones is 1. The van der Waals surface area contributed by atoms with Crippen LogP contribution < -0.4 is 10.6 Å². The van der Waals surface area contributed by atoms with Gasteiger partial charge >= 0.3 is 0 Å². The molecule has 0 fully saturated rings. The van der Waals surface area contributed by atoms with Crippen molar-refractivity contribution in [3.63, 3.8) is 0 Å². The normalized spacial score (nSPS) is 20.9. The second kappa shape index (κ2) is 7.28. The van der Waals surface area contributed by atoms with Gasteiger partial charge in [0.05, 0.1) is 17.6 Å². The molecule has 0 saturated heterocycles. The molecule has 1 aromatic heterocycles. The van der Waals surface area contributed by atoms with Crippen LogP contribution in [-0.2, 0) is 11.2 Å². The Balaban J connectivity index is 1.56. The number of rotatable bonds is 3. The van der Waals surface area contributed by atoms with E-state index in [4.69, 9.17) is 4.42 Å². The minimum absolute atomic E-state index is 0.171. The van der Waals surface area contributed by atoms with Crippen LogP contribution in [0.15, 0.2) is 82.6 Å². The Bertz CT molecular complexity index is 1060. The SMILES string of the molecule is CCc1ccc(C2CC(=O)C3=C(C2)Nc2ccccc2NC3c2ccco2)cc1. The van der Waals surface area contributed by atoms with Gasteiger partial charge in [-0.05, 0) is 54.2 Å². The van der Waals surface area contributed by atoms with E-state index < -0.39 is 0 Å². The number of furan rings is 1. The number of fused-ring (bicyclic) bond motifs is 1. The van der Waals surface area contributed by atoms with E-state index in [1.807, 2.05) is 36.4 Å². The van der Waals surface area contributed by atoms with Crippen LogP contribution in [0, 0.1) is 0 Å². The summed E-state index contributed by atoms with van der Waals surface area (Å²) >= 11 is 0. The Hall–Kier alpha value is -3.27. The van der Waals surface area contributed by atoms with Gasteiger partial charge in [0.2, 0.25) is 0 Å². The molecule has 0 saturated carbocycles. The molecule has 2 heterocycles. The Morgan fingerprint density at radius 1 is 0.966 bits per heavy atom. The van der Waals surface area contributed by atoms with Gasteiger partial charge in [0.1, 0.15) is 11.8 Å². The van der Waals surface area contributed by atoms with Crippen LogP contribution in [0.2, 0.25) is 0 Å². The molecule has 2 N–H and O–H groups in total. The van der Waals surface area contributed by atoms with E-state index >= 15 is 0 Å². The van der Waals surface area contributed by atoms with Gasteiger partial charge in [0.25, 0.3) is 0 Å². The van der Waals surface area contributed by atoms with Crippen molar-refractivity contribution in [3.05, 3.63) is 95.1 Å². The summed E-state index contributed by atoms with van der Waals surface area (Å²) in [7, 11) is 0. The van der Waals surface area contributed by atoms with Gasteiger partial charge in [0.15, 0.2) is 5.78 Å². The average Bonchev–Trinajstić information content (AvgIpc) is 3.22. The molecule has 0 bridgehead atoms. The molecule has 4 nitrogen and oxygen atoms in total. The number of nitrogens with one attached hydrogen (secondary N) is 2. The Kier molecular flexibility index (Phi) is 4.47. The second-order valence-corrected chi connectivity index (χ2v) is 7.78. The number of anilines is 2. The van der Waals surface area contributed by atoms with Gasteiger partial charge in [-0.25, -0.2) is 0 Å². The molecule has 0 spiro atoms. The van der Waals surface area contributed by atoms with E-state index in [2.05, 4.69) is 41.8 Å². The van der Waals surface area contributed by atoms with Crippen molar-refractivity contribution in [1.29, 1.82) is 0 Å². The summed E-state index contributed by atoms with van der Waals surface area (Å²) in [4.78, 5) is 13.4. The van der Waals surface area contributed by atoms with Gasteiger partial charge < -0.3 is 15.1 Å². The molecule has 29 heavy (non-hydrogen) atoms. The van der Waals surface area contributed by atoms with Gasteiger partial charge in [-0.3, -0.25) is 4.79 Å². The van der Waals surface area contributed by atoms with Crippen molar-refractivity contribution in [1.82, 2.24) is 0 Å². The van der Waals surface area contributed by atoms with Crippen molar-refractivity contribution >= 4 is 17.2 Å². The zero-order valence-electron chi connectivity index (χ0n) is 16.4. The lowest BCUT2D eigenvalue weighted by Gasteiger charge is -2.29. The molecule has 2 unspecified atom stereocenters. The lowest BCUT2D eigenvalue weighted by molar-refractivity contribution is -0.116. The molecule has 146 valence electrons. The highest BCUT2D eigenvalue weighted by molar-refractivity contribution is 6.01. The van der Waals surface area contributed by atoms with Crippen molar-refractivity contribution in [2.75, 3.05) is 10.6 Å². The lowest BCUT2D eigenvalue weighted by atomic mass is 9.79. The molecule has 2 aromatic carbocycles. The lowest BCUT2D eigenvalue weighted by Crippen LogP contribution is -2.26. The molecule has 1 aliphatic heterocycles. The molecule has 2 atom stereocenters. The van der Waals surface area contributed by atoms with Crippen LogP contribution in [0.4, 0.5) is 11.4 Å². The fourth-order valence-corrected chi connectivity index (χ4v) is 4.42. The predicted octanol–water partition coefficient (Wildman–Crippen LogP) is 5.82.